The summed E-state index contributed by atoms with van der Waals surface area (Å²) in [4.78, 5) is 11.4. The molecule has 0 aromatic heterocycles. The average molecular weight is 260 g/mol. The first kappa shape index (κ1) is 13.7. The predicted molar refractivity (Wildman–Crippen MR) is 73.6 cm³/mol. The molecule has 1 aromatic rings. The van der Waals surface area contributed by atoms with Crippen molar-refractivity contribution in [2.45, 2.75) is 38.7 Å². The summed E-state index contributed by atoms with van der Waals surface area (Å²) < 4.78 is 10.5. The third-order valence-electron chi connectivity index (χ3n) is 3.46. The Morgan fingerprint density at radius 3 is 2.63 bits per heavy atom. The van der Waals surface area contributed by atoms with E-state index in [0.717, 1.165) is 29.7 Å². The number of hydrogen-bond donors (Lipinski definition) is 0. The van der Waals surface area contributed by atoms with Gasteiger partial charge in [-0.05, 0) is 37.0 Å². The highest BCUT2D eigenvalue weighted by molar-refractivity contribution is 5.77. The Kier molecular flexibility index (Phi) is 4.61. The fourth-order valence-electron chi connectivity index (χ4n) is 2.16. The highest BCUT2D eigenvalue weighted by Gasteiger charge is 2.15. The minimum absolute atomic E-state index is 0.208. The van der Waals surface area contributed by atoms with E-state index in [1.165, 1.54) is 13.5 Å². The Hall–Kier alpha value is -1.77. The lowest BCUT2D eigenvalue weighted by atomic mass is 10.0. The quantitative estimate of drug-likeness (QED) is 0.759. The number of ether oxygens (including phenoxy) is 2. The fourth-order valence-corrected chi connectivity index (χ4v) is 2.16. The molecule has 3 nitrogen and oxygen atoms in total. The monoisotopic (exact) mass is 260 g/mol. The number of carbonyl (C=O) groups excluding carboxylic acids is 1. The van der Waals surface area contributed by atoms with Crippen LogP contribution in [-0.2, 0) is 20.9 Å². The van der Waals surface area contributed by atoms with Gasteiger partial charge in [0.25, 0.3) is 0 Å². The van der Waals surface area contributed by atoms with Crippen LogP contribution in [0.1, 0.15) is 43.2 Å². The van der Waals surface area contributed by atoms with E-state index in [2.05, 4.69) is 6.08 Å². The summed E-state index contributed by atoms with van der Waals surface area (Å²) in [6, 6.07) is 7.93. The van der Waals surface area contributed by atoms with Crippen LogP contribution in [0.15, 0.2) is 36.1 Å². The second kappa shape index (κ2) is 6.41. The van der Waals surface area contributed by atoms with Gasteiger partial charge in [0.05, 0.1) is 18.8 Å². The van der Waals surface area contributed by atoms with Gasteiger partial charge in [-0.1, -0.05) is 24.3 Å². The molecule has 1 aromatic carbocycles. The van der Waals surface area contributed by atoms with E-state index in [1.807, 2.05) is 31.2 Å². The Morgan fingerprint density at radius 1 is 1.32 bits per heavy atom. The number of rotatable bonds is 5. The first-order valence-corrected chi connectivity index (χ1v) is 6.69. The van der Waals surface area contributed by atoms with Crippen LogP contribution >= 0.6 is 0 Å². The molecule has 0 spiro atoms. The van der Waals surface area contributed by atoms with Crippen molar-refractivity contribution in [3.8, 4) is 0 Å². The molecule has 3 heteroatoms. The summed E-state index contributed by atoms with van der Waals surface area (Å²) in [6.45, 7) is 2.44. The number of benzene rings is 1. The summed E-state index contributed by atoms with van der Waals surface area (Å²) in [6.07, 6.45) is 5.54. The van der Waals surface area contributed by atoms with Crippen LogP contribution in [0.2, 0.25) is 0 Å². The molecule has 1 atom stereocenters. The summed E-state index contributed by atoms with van der Waals surface area (Å²) in [5, 5.41) is 0. The largest absolute Gasteiger partial charge is 0.494 e. The van der Waals surface area contributed by atoms with Crippen LogP contribution < -0.4 is 0 Å². The summed E-state index contributed by atoms with van der Waals surface area (Å²) >= 11 is 0. The zero-order valence-electron chi connectivity index (χ0n) is 11.5. The minimum atomic E-state index is -0.225. The van der Waals surface area contributed by atoms with E-state index < -0.39 is 0 Å². The normalized spacial score (nSPS) is 15.8. The molecule has 19 heavy (non-hydrogen) atoms. The number of carbonyl (C=O) groups is 1. The summed E-state index contributed by atoms with van der Waals surface area (Å²) in [5.41, 5.74) is 2.09. The molecule has 0 heterocycles. The SMILES string of the molecule is COC(=O)C(C)c1ccc(COC2=CCCC2)cc1. The average Bonchev–Trinajstić information content (AvgIpc) is 2.97. The van der Waals surface area contributed by atoms with Crippen LogP contribution in [0.4, 0.5) is 0 Å². The molecule has 0 bridgehead atoms. The van der Waals surface area contributed by atoms with Gasteiger partial charge in [-0.3, -0.25) is 4.79 Å². The van der Waals surface area contributed by atoms with Crippen molar-refractivity contribution in [2.75, 3.05) is 7.11 Å². The molecule has 0 saturated carbocycles. The standard InChI is InChI=1S/C16H20O3/c1-12(16(17)18-2)14-9-7-13(8-10-14)11-19-15-5-3-4-6-15/h5,7-10,12H,3-4,6,11H2,1-2H3. The highest BCUT2D eigenvalue weighted by atomic mass is 16.5. The van der Waals surface area contributed by atoms with Crippen LogP contribution in [0.5, 0.6) is 0 Å². The van der Waals surface area contributed by atoms with Crippen LogP contribution in [-0.4, -0.2) is 13.1 Å². The Morgan fingerprint density at radius 2 is 2.05 bits per heavy atom. The van der Waals surface area contributed by atoms with Gasteiger partial charge in [0.15, 0.2) is 0 Å². The summed E-state index contributed by atoms with van der Waals surface area (Å²) in [7, 11) is 1.41. The zero-order chi connectivity index (χ0) is 13.7. The van der Waals surface area contributed by atoms with E-state index in [4.69, 9.17) is 9.47 Å². The molecule has 1 aliphatic rings. The van der Waals surface area contributed by atoms with Gasteiger partial charge in [0.2, 0.25) is 0 Å². The van der Waals surface area contributed by atoms with Gasteiger partial charge in [-0.25, -0.2) is 0 Å². The predicted octanol–water partition coefficient (Wildman–Crippen LogP) is 3.55. The molecule has 1 aliphatic carbocycles. The maximum Gasteiger partial charge on any atom is 0.312 e. The second-order valence-corrected chi connectivity index (χ2v) is 4.84. The van der Waals surface area contributed by atoms with Gasteiger partial charge in [-0.2, -0.15) is 0 Å². The van der Waals surface area contributed by atoms with E-state index in [0.29, 0.717) is 6.61 Å². The lowest BCUT2D eigenvalue weighted by Crippen LogP contribution is -2.10. The van der Waals surface area contributed by atoms with Crippen molar-refractivity contribution in [1.29, 1.82) is 0 Å². The first-order valence-electron chi connectivity index (χ1n) is 6.69. The Bertz CT molecular complexity index is 459. The molecule has 0 amide bonds. The fraction of sp³-hybridized carbons (Fsp3) is 0.438. The maximum atomic E-state index is 11.4. The molecule has 0 aliphatic heterocycles. The Labute approximate surface area is 114 Å². The molecule has 0 saturated heterocycles. The topological polar surface area (TPSA) is 35.5 Å². The van der Waals surface area contributed by atoms with Crippen molar-refractivity contribution >= 4 is 5.97 Å². The molecule has 0 N–H and O–H groups in total. The van der Waals surface area contributed by atoms with E-state index in [1.54, 1.807) is 0 Å². The molecule has 0 radical (unpaired) electrons. The summed E-state index contributed by atoms with van der Waals surface area (Å²) in [5.74, 6) is 0.671. The number of esters is 1. The smallest absolute Gasteiger partial charge is 0.312 e. The van der Waals surface area contributed by atoms with E-state index in [-0.39, 0.29) is 11.9 Å². The molecule has 102 valence electrons. The molecule has 1 unspecified atom stereocenters. The van der Waals surface area contributed by atoms with Crippen molar-refractivity contribution < 1.29 is 14.3 Å². The molecule has 0 fully saturated rings. The van der Waals surface area contributed by atoms with Gasteiger partial charge >= 0.3 is 5.97 Å². The second-order valence-electron chi connectivity index (χ2n) is 4.84. The number of allylic oxidation sites excluding steroid dienone is 2. The third-order valence-corrected chi connectivity index (χ3v) is 3.46. The third kappa shape index (κ3) is 3.60. The van der Waals surface area contributed by atoms with Crippen molar-refractivity contribution in [1.82, 2.24) is 0 Å². The lowest BCUT2D eigenvalue weighted by molar-refractivity contribution is -0.141. The Balaban J connectivity index is 1.92. The van der Waals surface area contributed by atoms with Crippen LogP contribution in [0.3, 0.4) is 0 Å². The zero-order valence-corrected chi connectivity index (χ0v) is 11.5. The van der Waals surface area contributed by atoms with Crippen molar-refractivity contribution in [3.05, 3.63) is 47.2 Å². The molecular weight excluding hydrogens is 240 g/mol. The van der Waals surface area contributed by atoms with Crippen molar-refractivity contribution in [2.24, 2.45) is 0 Å². The molecule has 2 rings (SSSR count). The van der Waals surface area contributed by atoms with E-state index in [9.17, 15) is 4.79 Å². The highest BCUT2D eigenvalue weighted by Crippen LogP contribution is 2.21. The van der Waals surface area contributed by atoms with Crippen molar-refractivity contribution in [3.63, 3.8) is 0 Å². The molecular formula is C16H20O3. The van der Waals surface area contributed by atoms with Gasteiger partial charge in [0, 0.05) is 6.42 Å². The van der Waals surface area contributed by atoms with E-state index >= 15 is 0 Å². The maximum absolute atomic E-state index is 11.4. The van der Waals surface area contributed by atoms with Gasteiger partial charge in [-0.15, -0.1) is 0 Å². The lowest BCUT2D eigenvalue weighted by Gasteiger charge is -2.11. The van der Waals surface area contributed by atoms with Crippen LogP contribution in [0, 0.1) is 0 Å². The number of hydrogen-bond acceptors (Lipinski definition) is 3. The first-order chi connectivity index (χ1) is 9.20. The van der Waals surface area contributed by atoms with Crippen LogP contribution in [0.25, 0.3) is 0 Å². The van der Waals surface area contributed by atoms with Gasteiger partial charge in [0.1, 0.15) is 6.61 Å². The number of methoxy groups -OCH3 is 1. The van der Waals surface area contributed by atoms with Gasteiger partial charge < -0.3 is 9.47 Å². The minimum Gasteiger partial charge on any atom is -0.494 e.